The van der Waals surface area contributed by atoms with Gasteiger partial charge in [0, 0.05) is 36.8 Å². The van der Waals surface area contributed by atoms with Gasteiger partial charge < -0.3 is 19.8 Å². The second kappa shape index (κ2) is 12.7. The van der Waals surface area contributed by atoms with Crippen molar-refractivity contribution in [3.05, 3.63) is 53.5 Å². The monoisotopic (exact) mass is 514 g/mol. The first-order valence-corrected chi connectivity index (χ1v) is 14.1. The molecule has 0 spiro atoms. The molecule has 1 aromatic carbocycles. The lowest BCUT2D eigenvalue weighted by Crippen LogP contribution is -2.41. The maximum absolute atomic E-state index is 11.3. The summed E-state index contributed by atoms with van der Waals surface area (Å²) in [6.45, 7) is 2.99. The summed E-state index contributed by atoms with van der Waals surface area (Å²) < 4.78 is 6.71. The number of aromatic nitrogens is 1. The van der Waals surface area contributed by atoms with Crippen molar-refractivity contribution >= 4 is 40.0 Å². The molecule has 0 amide bonds. The molecule has 1 fully saturated rings. The van der Waals surface area contributed by atoms with Gasteiger partial charge in [0.1, 0.15) is 5.75 Å². The second-order valence-electron chi connectivity index (χ2n) is 9.20. The van der Waals surface area contributed by atoms with Gasteiger partial charge in [-0.2, -0.15) is 0 Å². The van der Waals surface area contributed by atoms with Crippen LogP contribution in [0.1, 0.15) is 43.8 Å². The highest BCUT2D eigenvalue weighted by atomic mass is 32.2. The Morgan fingerprint density at radius 3 is 2.94 bits per heavy atom. The quantitative estimate of drug-likeness (QED) is 0.299. The van der Waals surface area contributed by atoms with E-state index in [-0.39, 0.29) is 6.42 Å². The number of piperidine rings is 1. The van der Waals surface area contributed by atoms with E-state index in [4.69, 9.17) is 4.74 Å². The first kappa shape index (κ1) is 25.9. The standard InChI is InChI=1S/C27H34N2O4S2/c1-33-21-6-7-24-23(17-21)22(10-12-28-24)25(30)8-4-19-11-13-29(18-20(19)5-9-26(31)32)14-16-35-27-3-2-15-34-27/h2-3,6-7,10,12,15,17,19-20,25,30H,4-5,8-9,11,13-14,16,18H2,1H3,(H,31,32)/t19-,20+,25?/m1/s1. The number of pyridine rings is 1. The zero-order valence-corrected chi connectivity index (χ0v) is 21.8. The van der Waals surface area contributed by atoms with Gasteiger partial charge in [0.05, 0.1) is 22.9 Å². The topological polar surface area (TPSA) is 82.9 Å². The molecule has 3 atom stereocenters. The molecule has 3 heterocycles. The number of aliphatic hydroxyl groups is 1. The van der Waals surface area contributed by atoms with Crippen LogP contribution in [0, 0.1) is 11.8 Å². The maximum atomic E-state index is 11.3. The normalized spacial score (nSPS) is 19.6. The fourth-order valence-electron chi connectivity index (χ4n) is 5.09. The number of carbonyl (C=O) groups is 1. The number of hydrogen-bond donors (Lipinski definition) is 2. The van der Waals surface area contributed by atoms with Gasteiger partial charge >= 0.3 is 5.97 Å². The number of hydrogen-bond acceptors (Lipinski definition) is 7. The largest absolute Gasteiger partial charge is 0.497 e. The summed E-state index contributed by atoms with van der Waals surface area (Å²) in [5.74, 6) is 1.83. The van der Waals surface area contributed by atoms with Crippen molar-refractivity contribution in [3.63, 3.8) is 0 Å². The van der Waals surface area contributed by atoms with Crippen LogP contribution in [0.2, 0.25) is 0 Å². The lowest BCUT2D eigenvalue weighted by atomic mass is 9.79. The molecule has 1 unspecified atom stereocenters. The molecular formula is C27H34N2O4S2. The molecule has 0 bridgehead atoms. The first-order valence-electron chi connectivity index (χ1n) is 12.2. The van der Waals surface area contributed by atoms with Crippen LogP contribution in [0.25, 0.3) is 10.9 Å². The van der Waals surface area contributed by atoms with Crippen LogP contribution in [-0.4, -0.2) is 58.6 Å². The SMILES string of the molecule is COc1ccc2nccc(C(O)CC[C@@H]3CCN(CCSc4cccs4)C[C@@H]3CCC(=O)O)c2c1. The Hall–Kier alpha value is -2.13. The van der Waals surface area contributed by atoms with Gasteiger partial charge in [-0.3, -0.25) is 9.78 Å². The summed E-state index contributed by atoms with van der Waals surface area (Å²) in [7, 11) is 1.64. The Morgan fingerprint density at radius 1 is 1.29 bits per heavy atom. The average molecular weight is 515 g/mol. The molecule has 35 heavy (non-hydrogen) atoms. The number of methoxy groups -OCH3 is 1. The smallest absolute Gasteiger partial charge is 0.303 e. The number of fused-ring (bicyclic) bond motifs is 1. The van der Waals surface area contributed by atoms with E-state index >= 15 is 0 Å². The van der Waals surface area contributed by atoms with E-state index in [0.29, 0.717) is 24.7 Å². The average Bonchev–Trinajstić information content (AvgIpc) is 3.39. The molecule has 2 N–H and O–H groups in total. The number of thiophene rings is 1. The Labute approximate surface area is 215 Å². The van der Waals surface area contributed by atoms with E-state index < -0.39 is 12.1 Å². The van der Waals surface area contributed by atoms with Crippen molar-refractivity contribution in [2.24, 2.45) is 11.8 Å². The van der Waals surface area contributed by atoms with Gasteiger partial charge in [-0.15, -0.1) is 23.1 Å². The maximum Gasteiger partial charge on any atom is 0.303 e. The molecule has 4 rings (SSSR count). The van der Waals surface area contributed by atoms with Gasteiger partial charge in [-0.25, -0.2) is 0 Å². The number of aliphatic carboxylic acids is 1. The number of thioether (sulfide) groups is 1. The van der Waals surface area contributed by atoms with E-state index in [9.17, 15) is 15.0 Å². The van der Waals surface area contributed by atoms with Gasteiger partial charge in [-0.1, -0.05) is 6.07 Å². The van der Waals surface area contributed by atoms with Gasteiger partial charge in [-0.05, 0) is 85.3 Å². The number of aliphatic hydroxyl groups excluding tert-OH is 1. The van der Waals surface area contributed by atoms with E-state index in [0.717, 1.165) is 60.4 Å². The minimum Gasteiger partial charge on any atom is -0.497 e. The van der Waals surface area contributed by atoms with Crippen LogP contribution in [0.15, 0.2) is 52.2 Å². The van der Waals surface area contributed by atoms with Crippen molar-refractivity contribution < 1.29 is 19.7 Å². The lowest BCUT2D eigenvalue weighted by molar-refractivity contribution is -0.137. The summed E-state index contributed by atoms with van der Waals surface area (Å²) in [4.78, 5) is 18.2. The van der Waals surface area contributed by atoms with E-state index in [1.165, 1.54) is 4.21 Å². The Morgan fingerprint density at radius 2 is 2.17 bits per heavy atom. The second-order valence-corrected chi connectivity index (χ2v) is 11.5. The minimum absolute atomic E-state index is 0.205. The summed E-state index contributed by atoms with van der Waals surface area (Å²) in [6, 6.07) is 11.9. The van der Waals surface area contributed by atoms with E-state index in [1.54, 1.807) is 24.6 Å². The van der Waals surface area contributed by atoms with E-state index in [2.05, 4.69) is 27.4 Å². The van der Waals surface area contributed by atoms with Gasteiger partial charge in [0.25, 0.3) is 0 Å². The Balaban J connectivity index is 1.36. The number of likely N-dealkylation sites (tertiary alicyclic amines) is 1. The summed E-state index contributed by atoms with van der Waals surface area (Å²) >= 11 is 3.67. The molecule has 6 nitrogen and oxygen atoms in total. The Kier molecular flexibility index (Phi) is 9.43. The molecule has 8 heteroatoms. The van der Waals surface area contributed by atoms with Gasteiger partial charge in [0.15, 0.2) is 0 Å². The highest BCUT2D eigenvalue weighted by Crippen LogP contribution is 2.35. The third-order valence-corrected chi connectivity index (χ3v) is 9.11. The van der Waals surface area contributed by atoms with Crippen LogP contribution in [0.4, 0.5) is 0 Å². The molecule has 1 aliphatic heterocycles. The number of ether oxygens (including phenoxy) is 1. The van der Waals surface area contributed by atoms with Crippen LogP contribution in [0.3, 0.4) is 0 Å². The molecule has 0 radical (unpaired) electrons. The van der Waals surface area contributed by atoms with Crippen molar-refractivity contribution in [2.45, 2.75) is 42.4 Å². The molecule has 2 aromatic heterocycles. The minimum atomic E-state index is -0.730. The number of benzene rings is 1. The molecule has 0 saturated carbocycles. The number of carboxylic acid groups (broad SMARTS) is 1. The third-order valence-electron chi connectivity index (χ3n) is 7.00. The number of carboxylic acids is 1. The fraction of sp³-hybridized carbons (Fsp3) is 0.481. The summed E-state index contributed by atoms with van der Waals surface area (Å²) in [6.07, 6.45) is 4.64. The third kappa shape index (κ3) is 7.19. The van der Waals surface area contributed by atoms with Crippen LogP contribution < -0.4 is 4.74 Å². The lowest BCUT2D eigenvalue weighted by Gasteiger charge is -2.39. The fourth-order valence-corrected chi connectivity index (χ4v) is 6.95. The van der Waals surface area contributed by atoms with E-state index in [1.807, 2.05) is 36.0 Å². The highest BCUT2D eigenvalue weighted by Gasteiger charge is 2.30. The van der Waals surface area contributed by atoms with Crippen molar-refractivity contribution in [3.8, 4) is 5.75 Å². The summed E-state index contributed by atoms with van der Waals surface area (Å²) in [5.41, 5.74) is 1.72. The predicted octanol–water partition coefficient (Wildman–Crippen LogP) is 5.71. The van der Waals surface area contributed by atoms with Crippen molar-refractivity contribution in [1.82, 2.24) is 9.88 Å². The van der Waals surface area contributed by atoms with Gasteiger partial charge in [0.2, 0.25) is 0 Å². The van der Waals surface area contributed by atoms with Crippen LogP contribution in [-0.2, 0) is 4.79 Å². The van der Waals surface area contributed by atoms with Crippen molar-refractivity contribution in [2.75, 3.05) is 32.5 Å². The van der Waals surface area contributed by atoms with Crippen molar-refractivity contribution in [1.29, 1.82) is 0 Å². The molecule has 1 aliphatic rings. The zero-order chi connectivity index (χ0) is 24.6. The molecule has 188 valence electrons. The number of rotatable bonds is 12. The molecule has 1 saturated heterocycles. The molecule has 0 aliphatic carbocycles. The van der Waals surface area contributed by atoms with Crippen LogP contribution >= 0.6 is 23.1 Å². The predicted molar refractivity (Wildman–Crippen MR) is 142 cm³/mol. The highest BCUT2D eigenvalue weighted by molar-refractivity contribution is 8.01. The van der Waals surface area contributed by atoms with Crippen LogP contribution in [0.5, 0.6) is 5.75 Å². The molecule has 3 aromatic rings. The summed E-state index contributed by atoms with van der Waals surface area (Å²) in [5, 5.41) is 23.4. The zero-order valence-electron chi connectivity index (χ0n) is 20.1. The molecular weight excluding hydrogens is 480 g/mol. The Bertz CT molecular complexity index is 1090. The first-order chi connectivity index (χ1) is 17.0. The number of nitrogens with zero attached hydrogens (tertiary/aromatic N) is 2.